The lowest BCUT2D eigenvalue weighted by molar-refractivity contribution is -0.0501. The fourth-order valence-corrected chi connectivity index (χ4v) is 9.77. The fraction of sp³-hybridized carbons (Fsp3) is 0.633. The highest BCUT2D eigenvalue weighted by Gasteiger charge is 2.54. The zero-order valence-electron chi connectivity index (χ0n) is 28.7. The summed E-state index contributed by atoms with van der Waals surface area (Å²) < 4.78 is 35.8. The lowest BCUT2D eigenvalue weighted by Gasteiger charge is -2.45. The average molecular weight is 782 g/mol. The molecule has 0 radical (unpaired) electrons. The minimum atomic E-state index is -3.66. The van der Waals surface area contributed by atoms with Crippen molar-refractivity contribution >= 4 is 60.8 Å². The number of ether oxygens (including phenoxy) is 1. The quantitative estimate of drug-likeness (QED) is 0.0721. The molecule has 1 saturated carbocycles. The minimum Gasteiger partial charge on any atom is -0.407 e. The summed E-state index contributed by atoms with van der Waals surface area (Å²) in [6.07, 6.45) is 2.64. The number of fused-ring (bicyclic) bond motifs is 2. The number of hydrogen-bond acceptors (Lipinski definition) is 15. The third kappa shape index (κ3) is 7.42. The van der Waals surface area contributed by atoms with Crippen molar-refractivity contribution < 1.29 is 32.9 Å². The maximum Gasteiger partial charge on any atom is 0.327 e. The number of rotatable bonds is 14. The Bertz CT molecular complexity index is 2020. The van der Waals surface area contributed by atoms with Gasteiger partial charge in [-0.3, -0.25) is 13.9 Å². The predicted octanol–water partition coefficient (Wildman–Crippen LogP) is 3.62. The van der Waals surface area contributed by atoms with E-state index in [9.17, 15) is 20.3 Å². The Hall–Kier alpha value is -2.73. The number of aromatic nitrogens is 8. The van der Waals surface area contributed by atoms with Crippen LogP contribution in [0.5, 0.6) is 0 Å². The van der Waals surface area contributed by atoms with Gasteiger partial charge in [0.1, 0.15) is 30.2 Å². The monoisotopic (exact) mass is 781 g/mol. The molecule has 17 nitrogen and oxygen atoms in total. The highest BCUT2D eigenvalue weighted by Crippen LogP contribution is 2.57. The molecule has 2 fully saturated rings. The van der Waals surface area contributed by atoms with Crippen LogP contribution in [0.2, 0.25) is 23.3 Å². The van der Waals surface area contributed by atoms with Crippen LogP contribution in [0, 0.1) is 23.2 Å². The maximum atomic E-state index is 12.5. The van der Waals surface area contributed by atoms with Crippen molar-refractivity contribution in [1.29, 1.82) is 5.26 Å². The zero-order chi connectivity index (χ0) is 36.7. The molecule has 1 saturated heterocycles. The molecular weight excluding hydrogens is 741 g/mol. The third-order valence-corrected chi connectivity index (χ3v) is 17.1. The first-order valence-electron chi connectivity index (χ1n) is 16.4. The fourth-order valence-electron chi connectivity index (χ4n) is 6.16. The van der Waals surface area contributed by atoms with Crippen molar-refractivity contribution in [2.24, 2.45) is 11.8 Å². The van der Waals surface area contributed by atoms with Crippen molar-refractivity contribution in [3.05, 3.63) is 40.8 Å². The van der Waals surface area contributed by atoms with Gasteiger partial charge >= 0.3 is 6.72 Å². The molecule has 8 atom stereocenters. The summed E-state index contributed by atoms with van der Waals surface area (Å²) in [6, 6.07) is 1.91. The van der Waals surface area contributed by atoms with E-state index >= 15 is 0 Å². The van der Waals surface area contributed by atoms with E-state index in [0.29, 0.717) is 17.6 Å². The molecule has 1 aliphatic heterocycles. The van der Waals surface area contributed by atoms with Crippen LogP contribution in [0.3, 0.4) is 0 Å². The number of halogens is 1. The Morgan fingerprint density at radius 2 is 1.82 bits per heavy atom. The molecule has 0 spiro atoms. The molecule has 0 bridgehead atoms. The van der Waals surface area contributed by atoms with Crippen LogP contribution in [-0.2, 0) is 34.5 Å². The molecule has 1 aliphatic carbocycles. The molecule has 1 unspecified atom stereocenters. The van der Waals surface area contributed by atoms with E-state index < -0.39 is 51.7 Å². The van der Waals surface area contributed by atoms with E-state index in [4.69, 9.17) is 46.1 Å². The second-order valence-electron chi connectivity index (χ2n) is 14.1. The van der Waals surface area contributed by atoms with Crippen LogP contribution >= 0.6 is 18.3 Å². The number of aromatic amines is 1. The molecule has 2 aliphatic rings. The topological polar surface area (TPSA) is 218 Å². The van der Waals surface area contributed by atoms with Crippen LogP contribution in [-0.4, -0.2) is 102 Å². The van der Waals surface area contributed by atoms with Gasteiger partial charge in [0, 0.05) is 18.6 Å². The van der Waals surface area contributed by atoms with E-state index in [1.165, 1.54) is 19.0 Å². The predicted molar refractivity (Wildman–Crippen MR) is 191 cm³/mol. The van der Waals surface area contributed by atoms with Crippen molar-refractivity contribution in [3.8, 4) is 6.07 Å². The number of aliphatic hydroxyl groups excluding tert-OH is 2. The van der Waals surface area contributed by atoms with Crippen molar-refractivity contribution in [1.82, 2.24) is 39.0 Å². The number of nitrogens with one attached hydrogen (secondary N) is 1. The Morgan fingerprint density at radius 1 is 1.10 bits per heavy atom. The van der Waals surface area contributed by atoms with Crippen LogP contribution in [0.1, 0.15) is 45.9 Å². The Labute approximate surface area is 304 Å². The van der Waals surface area contributed by atoms with Gasteiger partial charge in [-0.15, -0.1) is 0 Å². The summed E-state index contributed by atoms with van der Waals surface area (Å²) in [5.41, 5.74) is 0.996. The van der Waals surface area contributed by atoms with Gasteiger partial charge in [0.15, 0.2) is 36.5 Å². The van der Waals surface area contributed by atoms with Crippen molar-refractivity contribution in [3.63, 3.8) is 0 Å². The zero-order valence-corrected chi connectivity index (χ0v) is 32.2. The van der Waals surface area contributed by atoms with E-state index in [2.05, 4.69) is 63.8 Å². The van der Waals surface area contributed by atoms with E-state index in [1.807, 2.05) is 10.6 Å². The molecule has 276 valence electrons. The van der Waals surface area contributed by atoms with Crippen molar-refractivity contribution in [2.45, 2.75) is 82.3 Å². The van der Waals surface area contributed by atoms with Crippen molar-refractivity contribution in [2.75, 3.05) is 26.4 Å². The molecule has 4 aromatic heterocycles. The van der Waals surface area contributed by atoms with E-state index in [1.54, 1.807) is 10.9 Å². The highest BCUT2D eigenvalue weighted by atomic mass is 35.5. The number of aliphatic hydroxyl groups is 2. The minimum absolute atomic E-state index is 0.0341. The first-order chi connectivity index (χ1) is 24.2. The second-order valence-corrected chi connectivity index (χ2v) is 22.2. The molecule has 4 aromatic rings. The van der Waals surface area contributed by atoms with Gasteiger partial charge in [-0.25, -0.2) is 24.9 Å². The normalized spacial score (nSPS) is 26.7. The first kappa shape index (κ1) is 38.0. The standard InChI is InChI=1S/C30H41ClN9O8PSSi/c1-30(2,3)51(4,5)48-24-23(20(11-42)46-29(24)40-16-38-22-27(40)35-14-36-28(22)43)47-49(50,44-8-6-7-32)45-12-17-9-19(18(17)10-41)39-15-37-21-25(31)33-13-34-26(21)39/h13-20,23-24,29,41-42H,6,8-12H2,1-5H3,(H,35,36,43)/t17-,18-,19-,20-,23-,24-,29-,49?/m1/s1. The number of H-pyrrole nitrogens is 1. The van der Waals surface area contributed by atoms with Crippen LogP contribution in [0.15, 0.2) is 30.1 Å². The lowest BCUT2D eigenvalue weighted by atomic mass is 9.70. The largest absolute Gasteiger partial charge is 0.407 e. The first-order valence-corrected chi connectivity index (χ1v) is 22.3. The molecule has 3 N–H and O–H groups in total. The molecule has 6 rings (SSSR count). The summed E-state index contributed by atoms with van der Waals surface area (Å²) >= 11 is 12.2. The Kier molecular flexibility index (Phi) is 11.1. The summed E-state index contributed by atoms with van der Waals surface area (Å²) in [7, 11) is -2.56. The maximum absolute atomic E-state index is 12.5. The molecule has 21 heteroatoms. The molecule has 0 amide bonds. The summed E-state index contributed by atoms with van der Waals surface area (Å²) in [5.74, 6) is -0.370. The van der Waals surface area contributed by atoms with Gasteiger partial charge in [-0.2, -0.15) is 5.26 Å². The Morgan fingerprint density at radius 3 is 2.53 bits per heavy atom. The van der Waals surface area contributed by atoms with Gasteiger partial charge in [0.2, 0.25) is 0 Å². The summed E-state index contributed by atoms with van der Waals surface area (Å²) in [5, 5.41) is 30.3. The van der Waals surface area contributed by atoms with Gasteiger partial charge < -0.3 is 38.0 Å². The van der Waals surface area contributed by atoms with Gasteiger partial charge in [-0.05, 0) is 42.3 Å². The molecule has 5 heterocycles. The van der Waals surface area contributed by atoms with Crippen LogP contribution < -0.4 is 5.56 Å². The number of nitriles is 1. The second kappa shape index (κ2) is 15.0. The van der Waals surface area contributed by atoms with Gasteiger partial charge in [0.05, 0.1) is 51.3 Å². The lowest BCUT2D eigenvalue weighted by Crippen LogP contribution is -2.49. The van der Waals surface area contributed by atoms with E-state index in [0.717, 1.165) is 0 Å². The SMILES string of the molecule is CC(C)(C)[Si](C)(C)O[C@@H]1[C@H](OP(=S)(OCCC#N)OC[C@H]2C[C@@H](n3cnc4c(Cl)ncnc43)[C@@H]2CO)[C@@H](CO)O[C@H]1n1cnc2c(=O)[nH]cnc21. The molecular formula is C30H41ClN9O8PSSi. The van der Waals surface area contributed by atoms with Crippen LogP contribution in [0.25, 0.3) is 22.3 Å². The number of hydrogen-bond donors (Lipinski definition) is 3. The highest BCUT2D eigenvalue weighted by molar-refractivity contribution is 8.07. The van der Waals surface area contributed by atoms with Gasteiger partial charge in [0.25, 0.3) is 5.56 Å². The molecule has 0 aromatic carbocycles. The number of nitrogens with zero attached hydrogens (tertiary/aromatic N) is 8. The summed E-state index contributed by atoms with van der Waals surface area (Å²) in [6.45, 7) is 6.19. The van der Waals surface area contributed by atoms with E-state index in [-0.39, 0.29) is 65.5 Å². The average Bonchev–Trinajstić information content (AvgIpc) is 3.77. The smallest absolute Gasteiger partial charge is 0.327 e. The van der Waals surface area contributed by atoms with Gasteiger partial charge in [-0.1, -0.05) is 32.4 Å². The number of imidazole rings is 2. The molecule has 51 heavy (non-hydrogen) atoms. The van der Waals surface area contributed by atoms with Crippen LogP contribution in [0.4, 0.5) is 0 Å². The third-order valence-electron chi connectivity index (χ3n) is 10.0. The summed E-state index contributed by atoms with van der Waals surface area (Å²) in [4.78, 5) is 36.3. The Balaban J connectivity index is 1.27.